The molecule has 0 spiro atoms. The second kappa shape index (κ2) is 5.51. The van der Waals surface area contributed by atoms with Crippen LogP contribution in [0.3, 0.4) is 0 Å². The zero-order chi connectivity index (χ0) is 13.9. The van der Waals surface area contributed by atoms with Gasteiger partial charge in [-0.2, -0.15) is 0 Å². The molecule has 0 saturated heterocycles. The minimum atomic E-state index is -0.414. The highest BCUT2D eigenvalue weighted by atomic mass is 19.1. The van der Waals surface area contributed by atoms with Crippen LogP contribution in [0, 0.1) is 17.2 Å². The molecule has 18 heavy (non-hydrogen) atoms. The summed E-state index contributed by atoms with van der Waals surface area (Å²) in [5.41, 5.74) is 0.379. The SMILES string of the molecule is COc1ccc(F)cc1C(=O)CC(C)C(C)(C)C. The Kier molecular flexibility index (Phi) is 4.49. The van der Waals surface area contributed by atoms with Crippen molar-refractivity contribution in [2.75, 3.05) is 7.11 Å². The van der Waals surface area contributed by atoms with Gasteiger partial charge in [-0.3, -0.25) is 4.79 Å². The number of Topliss-reactive ketones (excluding diaryl/α,β-unsaturated/α-hetero) is 1. The lowest BCUT2D eigenvalue weighted by atomic mass is 9.78. The Labute approximate surface area is 108 Å². The van der Waals surface area contributed by atoms with Crippen LogP contribution in [0.4, 0.5) is 4.39 Å². The Morgan fingerprint density at radius 2 is 2.00 bits per heavy atom. The minimum Gasteiger partial charge on any atom is -0.496 e. The molecule has 1 aromatic carbocycles. The molecular formula is C15H21FO2. The van der Waals surface area contributed by atoms with E-state index in [9.17, 15) is 9.18 Å². The lowest BCUT2D eigenvalue weighted by Gasteiger charge is -2.26. The standard InChI is InChI=1S/C15H21FO2/c1-10(15(2,3)4)8-13(17)12-9-11(16)6-7-14(12)18-5/h6-7,9-10H,8H2,1-5H3. The van der Waals surface area contributed by atoms with E-state index in [2.05, 4.69) is 20.8 Å². The number of hydrogen-bond acceptors (Lipinski definition) is 2. The number of ether oxygens (including phenoxy) is 1. The second-order valence-electron chi connectivity index (χ2n) is 5.74. The molecular weight excluding hydrogens is 231 g/mol. The number of halogens is 1. The number of benzene rings is 1. The third-order valence-corrected chi connectivity index (χ3v) is 3.43. The molecule has 0 saturated carbocycles. The molecule has 0 aliphatic heterocycles. The van der Waals surface area contributed by atoms with Gasteiger partial charge in [-0.1, -0.05) is 27.7 Å². The van der Waals surface area contributed by atoms with E-state index in [1.54, 1.807) is 0 Å². The molecule has 100 valence electrons. The van der Waals surface area contributed by atoms with Crippen molar-refractivity contribution in [3.63, 3.8) is 0 Å². The number of ketones is 1. The highest BCUT2D eigenvalue weighted by Crippen LogP contribution is 2.30. The topological polar surface area (TPSA) is 26.3 Å². The van der Waals surface area contributed by atoms with E-state index in [0.29, 0.717) is 17.7 Å². The maximum atomic E-state index is 13.2. The molecule has 0 bridgehead atoms. The number of carbonyl (C=O) groups is 1. The molecule has 0 amide bonds. The average Bonchev–Trinajstić information content (AvgIpc) is 2.27. The van der Waals surface area contributed by atoms with Crippen molar-refractivity contribution in [3.05, 3.63) is 29.6 Å². The van der Waals surface area contributed by atoms with E-state index < -0.39 is 5.82 Å². The molecule has 0 fully saturated rings. The van der Waals surface area contributed by atoms with Crippen molar-refractivity contribution < 1.29 is 13.9 Å². The van der Waals surface area contributed by atoms with Crippen LogP contribution in [0.15, 0.2) is 18.2 Å². The van der Waals surface area contributed by atoms with Gasteiger partial charge >= 0.3 is 0 Å². The predicted molar refractivity (Wildman–Crippen MR) is 70.5 cm³/mol. The van der Waals surface area contributed by atoms with E-state index in [-0.39, 0.29) is 17.1 Å². The van der Waals surface area contributed by atoms with Crippen LogP contribution in [0.2, 0.25) is 0 Å². The summed E-state index contributed by atoms with van der Waals surface area (Å²) in [5, 5.41) is 0. The lowest BCUT2D eigenvalue weighted by molar-refractivity contribution is 0.0924. The monoisotopic (exact) mass is 252 g/mol. The summed E-state index contributed by atoms with van der Waals surface area (Å²) in [7, 11) is 1.48. The van der Waals surface area contributed by atoms with E-state index in [0.717, 1.165) is 0 Å². The fourth-order valence-corrected chi connectivity index (χ4v) is 1.59. The van der Waals surface area contributed by atoms with Crippen LogP contribution >= 0.6 is 0 Å². The number of hydrogen-bond donors (Lipinski definition) is 0. The summed E-state index contributed by atoms with van der Waals surface area (Å²) in [6, 6.07) is 4.03. The fourth-order valence-electron chi connectivity index (χ4n) is 1.59. The largest absolute Gasteiger partial charge is 0.496 e. The van der Waals surface area contributed by atoms with Crippen molar-refractivity contribution in [1.82, 2.24) is 0 Å². The van der Waals surface area contributed by atoms with Crippen molar-refractivity contribution in [2.24, 2.45) is 11.3 Å². The van der Waals surface area contributed by atoms with Gasteiger partial charge in [0.15, 0.2) is 5.78 Å². The summed E-state index contributed by atoms with van der Waals surface area (Å²) in [5.74, 6) is 0.164. The number of methoxy groups -OCH3 is 1. The highest BCUT2D eigenvalue weighted by Gasteiger charge is 2.24. The van der Waals surface area contributed by atoms with Crippen LogP contribution < -0.4 is 4.74 Å². The lowest BCUT2D eigenvalue weighted by Crippen LogP contribution is -2.20. The van der Waals surface area contributed by atoms with Crippen LogP contribution in [-0.2, 0) is 0 Å². The Morgan fingerprint density at radius 3 is 2.50 bits per heavy atom. The van der Waals surface area contributed by atoms with Crippen LogP contribution in [-0.4, -0.2) is 12.9 Å². The molecule has 3 heteroatoms. The molecule has 0 N–H and O–H groups in total. The van der Waals surface area contributed by atoms with Crippen molar-refractivity contribution >= 4 is 5.78 Å². The first-order valence-electron chi connectivity index (χ1n) is 6.12. The van der Waals surface area contributed by atoms with Crippen LogP contribution in [0.5, 0.6) is 5.75 Å². The van der Waals surface area contributed by atoms with Crippen molar-refractivity contribution in [3.8, 4) is 5.75 Å². The predicted octanol–water partition coefficient (Wildman–Crippen LogP) is 4.09. The van der Waals surface area contributed by atoms with E-state index >= 15 is 0 Å². The normalized spacial score (nSPS) is 13.2. The van der Waals surface area contributed by atoms with Gasteiger partial charge in [0.2, 0.25) is 0 Å². The third-order valence-electron chi connectivity index (χ3n) is 3.43. The quantitative estimate of drug-likeness (QED) is 0.754. The Balaban J connectivity index is 2.94. The maximum absolute atomic E-state index is 13.2. The van der Waals surface area contributed by atoms with Gasteiger partial charge in [0, 0.05) is 6.42 Å². The second-order valence-corrected chi connectivity index (χ2v) is 5.74. The molecule has 2 nitrogen and oxygen atoms in total. The van der Waals surface area contributed by atoms with E-state index in [4.69, 9.17) is 4.74 Å². The summed E-state index contributed by atoms with van der Waals surface area (Å²) < 4.78 is 18.3. The molecule has 0 radical (unpaired) electrons. The van der Waals surface area contributed by atoms with Gasteiger partial charge in [-0.05, 0) is 29.5 Å². The van der Waals surface area contributed by atoms with E-state index in [1.807, 2.05) is 6.92 Å². The maximum Gasteiger partial charge on any atom is 0.166 e. The molecule has 1 atom stereocenters. The number of carbonyl (C=O) groups excluding carboxylic acids is 1. The number of rotatable bonds is 4. The molecule has 0 aliphatic rings. The van der Waals surface area contributed by atoms with E-state index in [1.165, 1.54) is 25.3 Å². The minimum absolute atomic E-state index is 0.0518. The molecule has 1 unspecified atom stereocenters. The third kappa shape index (κ3) is 3.56. The fraction of sp³-hybridized carbons (Fsp3) is 0.533. The molecule has 1 aromatic rings. The zero-order valence-corrected chi connectivity index (χ0v) is 11.7. The average molecular weight is 252 g/mol. The Bertz CT molecular complexity index is 433. The Morgan fingerprint density at radius 1 is 1.39 bits per heavy atom. The van der Waals surface area contributed by atoms with Gasteiger partial charge in [-0.25, -0.2) is 4.39 Å². The summed E-state index contributed by atoms with van der Waals surface area (Å²) in [6.45, 7) is 8.30. The van der Waals surface area contributed by atoms with Crippen LogP contribution in [0.1, 0.15) is 44.5 Å². The van der Waals surface area contributed by atoms with Crippen molar-refractivity contribution in [1.29, 1.82) is 0 Å². The molecule has 1 rings (SSSR count). The summed E-state index contributed by atoms with van der Waals surface area (Å²) in [6.07, 6.45) is 0.392. The van der Waals surface area contributed by atoms with Gasteiger partial charge < -0.3 is 4.74 Å². The van der Waals surface area contributed by atoms with Crippen LogP contribution in [0.25, 0.3) is 0 Å². The zero-order valence-electron chi connectivity index (χ0n) is 11.7. The Hall–Kier alpha value is -1.38. The molecule has 0 aliphatic carbocycles. The van der Waals surface area contributed by atoms with Gasteiger partial charge in [0.1, 0.15) is 11.6 Å². The van der Waals surface area contributed by atoms with Gasteiger partial charge in [-0.15, -0.1) is 0 Å². The van der Waals surface area contributed by atoms with Gasteiger partial charge in [0.25, 0.3) is 0 Å². The van der Waals surface area contributed by atoms with Crippen molar-refractivity contribution in [2.45, 2.75) is 34.1 Å². The summed E-state index contributed by atoms with van der Waals surface area (Å²) in [4.78, 5) is 12.2. The molecule has 0 aromatic heterocycles. The summed E-state index contributed by atoms with van der Waals surface area (Å²) >= 11 is 0. The first kappa shape index (κ1) is 14.7. The van der Waals surface area contributed by atoms with Gasteiger partial charge in [0.05, 0.1) is 12.7 Å². The highest BCUT2D eigenvalue weighted by molar-refractivity contribution is 5.98. The molecule has 0 heterocycles. The first-order valence-corrected chi connectivity index (χ1v) is 6.12. The smallest absolute Gasteiger partial charge is 0.166 e. The first-order chi connectivity index (χ1) is 8.25.